The van der Waals surface area contributed by atoms with Gasteiger partial charge in [-0.2, -0.15) is 0 Å². The van der Waals surface area contributed by atoms with Gasteiger partial charge in [0.25, 0.3) is 0 Å². The van der Waals surface area contributed by atoms with Crippen LogP contribution in [0.1, 0.15) is 46.5 Å². The van der Waals surface area contributed by atoms with Gasteiger partial charge in [-0.05, 0) is 19.3 Å². The number of ether oxygens (including phenoxy) is 1. The van der Waals surface area contributed by atoms with Crippen LogP contribution in [0, 0.1) is 0 Å². The Labute approximate surface area is 76.5 Å². The van der Waals surface area contributed by atoms with Crippen LogP contribution in [0.3, 0.4) is 0 Å². The summed E-state index contributed by atoms with van der Waals surface area (Å²) in [4.78, 5) is 0. The fourth-order valence-electron chi connectivity index (χ4n) is 1.33. The normalized spacial score (nSPS) is 16.0. The van der Waals surface area contributed by atoms with Crippen molar-refractivity contribution in [2.24, 2.45) is 5.73 Å². The molecule has 0 heterocycles. The van der Waals surface area contributed by atoms with E-state index in [-0.39, 0.29) is 12.1 Å². The lowest BCUT2D eigenvalue weighted by molar-refractivity contribution is 0.0314. The Kier molecular flexibility index (Phi) is 7.51. The first-order chi connectivity index (χ1) is 5.76. The highest BCUT2D eigenvalue weighted by atomic mass is 16.5. The average Bonchev–Trinajstić information content (AvgIpc) is 2.06. The third-order valence-corrected chi connectivity index (χ3v) is 2.04. The van der Waals surface area contributed by atoms with Crippen molar-refractivity contribution in [2.75, 3.05) is 6.61 Å². The van der Waals surface area contributed by atoms with E-state index in [9.17, 15) is 0 Å². The predicted molar refractivity (Wildman–Crippen MR) is 53.2 cm³/mol. The summed E-state index contributed by atoms with van der Waals surface area (Å²) in [7, 11) is 0. The smallest absolute Gasteiger partial charge is 0.0723 e. The summed E-state index contributed by atoms with van der Waals surface area (Å²) >= 11 is 0. The molecule has 0 aromatic rings. The van der Waals surface area contributed by atoms with Gasteiger partial charge in [-0.3, -0.25) is 0 Å². The number of hydrogen-bond acceptors (Lipinski definition) is 2. The van der Waals surface area contributed by atoms with Crippen molar-refractivity contribution in [2.45, 2.75) is 58.6 Å². The van der Waals surface area contributed by atoms with E-state index in [1.807, 2.05) is 0 Å². The Hall–Kier alpha value is -0.0800. The lowest BCUT2D eigenvalue weighted by Gasteiger charge is -2.22. The van der Waals surface area contributed by atoms with Crippen LogP contribution in [0.25, 0.3) is 0 Å². The van der Waals surface area contributed by atoms with Gasteiger partial charge < -0.3 is 10.5 Å². The molecule has 0 bridgehead atoms. The quantitative estimate of drug-likeness (QED) is 0.641. The van der Waals surface area contributed by atoms with Crippen molar-refractivity contribution >= 4 is 0 Å². The third-order valence-electron chi connectivity index (χ3n) is 2.04. The van der Waals surface area contributed by atoms with Crippen LogP contribution >= 0.6 is 0 Å². The second-order valence-corrected chi connectivity index (χ2v) is 3.27. The first-order valence-corrected chi connectivity index (χ1v) is 5.13. The van der Waals surface area contributed by atoms with E-state index in [1.54, 1.807) is 0 Å². The molecule has 0 saturated carbocycles. The van der Waals surface area contributed by atoms with Gasteiger partial charge in [0.15, 0.2) is 0 Å². The van der Waals surface area contributed by atoms with Gasteiger partial charge >= 0.3 is 0 Å². The number of nitrogens with two attached hydrogens (primary N) is 1. The molecule has 2 heteroatoms. The molecular formula is C10H23NO. The summed E-state index contributed by atoms with van der Waals surface area (Å²) in [6, 6.07) is 0.228. The maximum atomic E-state index is 5.95. The van der Waals surface area contributed by atoms with Gasteiger partial charge in [0.05, 0.1) is 6.10 Å². The van der Waals surface area contributed by atoms with Gasteiger partial charge in [0.2, 0.25) is 0 Å². The number of rotatable bonds is 7. The van der Waals surface area contributed by atoms with E-state index in [4.69, 9.17) is 10.5 Å². The minimum absolute atomic E-state index is 0.228. The van der Waals surface area contributed by atoms with E-state index < -0.39 is 0 Å². The minimum Gasteiger partial charge on any atom is -0.377 e. The average molecular weight is 173 g/mol. The van der Waals surface area contributed by atoms with Gasteiger partial charge in [-0.1, -0.05) is 27.2 Å². The highest BCUT2D eigenvalue weighted by Crippen LogP contribution is 2.07. The van der Waals surface area contributed by atoms with Gasteiger partial charge in [0.1, 0.15) is 0 Å². The molecule has 0 aliphatic carbocycles. The number of hydrogen-bond donors (Lipinski definition) is 1. The Morgan fingerprint density at radius 1 is 1.17 bits per heavy atom. The Bertz CT molecular complexity index is 95.8. The summed E-state index contributed by atoms with van der Waals surface area (Å²) < 4.78 is 5.63. The van der Waals surface area contributed by atoms with Crippen LogP contribution in [0.4, 0.5) is 0 Å². The molecule has 2 N–H and O–H groups in total. The van der Waals surface area contributed by atoms with E-state index in [0.29, 0.717) is 0 Å². The zero-order valence-corrected chi connectivity index (χ0v) is 8.68. The topological polar surface area (TPSA) is 35.2 Å². The Morgan fingerprint density at radius 3 is 2.25 bits per heavy atom. The highest BCUT2D eigenvalue weighted by Gasteiger charge is 2.14. The van der Waals surface area contributed by atoms with Crippen LogP contribution in [0.5, 0.6) is 0 Å². The molecule has 0 radical (unpaired) electrons. The molecule has 2 nitrogen and oxygen atoms in total. The van der Waals surface area contributed by atoms with Crippen LogP contribution in [0.15, 0.2) is 0 Å². The monoisotopic (exact) mass is 173 g/mol. The Morgan fingerprint density at radius 2 is 1.83 bits per heavy atom. The van der Waals surface area contributed by atoms with Gasteiger partial charge in [-0.25, -0.2) is 0 Å². The van der Waals surface area contributed by atoms with E-state index in [1.165, 1.54) is 0 Å². The lowest BCUT2D eigenvalue weighted by atomic mass is 10.0. The Balaban J connectivity index is 3.62. The van der Waals surface area contributed by atoms with E-state index in [2.05, 4.69) is 20.8 Å². The second-order valence-electron chi connectivity index (χ2n) is 3.27. The molecule has 74 valence electrons. The lowest BCUT2D eigenvalue weighted by Crippen LogP contribution is -2.36. The van der Waals surface area contributed by atoms with E-state index >= 15 is 0 Å². The molecule has 2 unspecified atom stereocenters. The maximum Gasteiger partial charge on any atom is 0.0723 e. The summed E-state index contributed by atoms with van der Waals surface area (Å²) in [5, 5.41) is 0. The standard InChI is InChI=1S/C10H23NO/c1-4-7-9(11)10(6-3)12-8-5-2/h9-10H,4-8,11H2,1-3H3. The van der Waals surface area contributed by atoms with Crippen molar-refractivity contribution in [3.63, 3.8) is 0 Å². The molecule has 0 aromatic heterocycles. The minimum atomic E-state index is 0.228. The summed E-state index contributed by atoms with van der Waals surface area (Å²) in [6.45, 7) is 7.26. The molecule has 12 heavy (non-hydrogen) atoms. The molecule has 0 rings (SSSR count). The molecule has 2 atom stereocenters. The third kappa shape index (κ3) is 4.73. The van der Waals surface area contributed by atoms with E-state index in [0.717, 1.165) is 32.3 Å². The molecule has 0 fully saturated rings. The summed E-state index contributed by atoms with van der Waals surface area (Å²) in [6.07, 6.45) is 4.59. The molecule has 0 amide bonds. The first kappa shape index (κ1) is 11.9. The summed E-state index contributed by atoms with van der Waals surface area (Å²) in [5.74, 6) is 0. The zero-order chi connectivity index (χ0) is 9.40. The molecular weight excluding hydrogens is 150 g/mol. The van der Waals surface area contributed by atoms with Crippen LogP contribution in [-0.2, 0) is 4.74 Å². The fourth-order valence-corrected chi connectivity index (χ4v) is 1.33. The van der Waals surface area contributed by atoms with Crippen molar-refractivity contribution in [1.82, 2.24) is 0 Å². The fraction of sp³-hybridized carbons (Fsp3) is 1.00. The predicted octanol–water partition coefficient (Wildman–Crippen LogP) is 2.32. The molecule has 0 saturated heterocycles. The van der Waals surface area contributed by atoms with Crippen molar-refractivity contribution in [1.29, 1.82) is 0 Å². The van der Waals surface area contributed by atoms with Gasteiger partial charge in [0, 0.05) is 12.6 Å². The van der Waals surface area contributed by atoms with Crippen LogP contribution < -0.4 is 5.73 Å². The molecule has 0 aromatic carbocycles. The summed E-state index contributed by atoms with van der Waals surface area (Å²) in [5.41, 5.74) is 5.95. The van der Waals surface area contributed by atoms with Crippen molar-refractivity contribution in [3.8, 4) is 0 Å². The highest BCUT2D eigenvalue weighted by molar-refractivity contribution is 4.71. The van der Waals surface area contributed by atoms with Crippen LogP contribution in [-0.4, -0.2) is 18.8 Å². The SMILES string of the molecule is CCCOC(CC)C(N)CCC. The zero-order valence-electron chi connectivity index (χ0n) is 8.68. The van der Waals surface area contributed by atoms with Gasteiger partial charge in [-0.15, -0.1) is 0 Å². The molecule has 0 aliphatic rings. The maximum absolute atomic E-state index is 5.95. The largest absolute Gasteiger partial charge is 0.377 e. The molecule has 0 spiro atoms. The first-order valence-electron chi connectivity index (χ1n) is 5.13. The van der Waals surface area contributed by atoms with Crippen molar-refractivity contribution < 1.29 is 4.74 Å². The molecule has 0 aliphatic heterocycles. The second kappa shape index (κ2) is 7.56. The van der Waals surface area contributed by atoms with Crippen LogP contribution in [0.2, 0.25) is 0 Å². The van der Waals surface area contributed by atoms with Crippen molar-refractivity contribution in [3.05, 3.63) is 0 Å².